The van der Waals surface area contributed by atoms with E-state index in [0.717, 1.165) is 0 Å². The first-order valence-electron chi connectivity index (χ1n) is 6.63. The summed E-state index contributed by atoms with van der Waals surface area (Å²) in [6.45, 7) is 4.84. The van der Waals surface area contributed by atoms with Crippen LogP contribution in [0.3, 0.4) is 0 Å². The van der Waals surface area contributed by atoms with Crippen molar-refractivity contribution >= 4 is 23.3 Å². The number of hydrogen-bond acceptors (Lipinski definition) is 6. The van der Waals surface area contributed by atoms with E-state index in [1.165, 1.54) is 6.92 Å². The standard InChI is InChI=1S/C15H20N2O4/c1-9(2)15(19)21-10(3)20-14(18)8-13(17)11-4-6-12(16)7-5-11/h4-7,9-10,17H,8,16H2,1-3H3. The van der Waals surface area contributed by atoms with Crippen LogP contribution in [0.4, 0.5) is 5.69 Å². The number of carbonyl (C=O) groups is 2. The highest BCUT2D eigenvalue weighted by atomic mass is 16.7. The molecule has 1 atom stereocenters. The predicted molar refractivity (Wildman–Crippen MR) is 78.8 cm³/mol. The molecule has 0 aromatic heterocycles. The quantitative estimate of drug-likeness (QED) is 0.362. The minimum Gasteiger partial charge on any atom is -0.425 e. The first-order chi connectivity index (χ1) is 9.79. The summed E-state index contributed by atoms with van der Waals surface area (Å²) < 4.78 is 9.86. The number of esters is 2. The van der Waals surface area contributed by atoms with Crippen LogP contribution >= 0.6 is 0 Å². The van der Waals surface area contributed by atoms with Crippen molar-refractivity contribution in [1.82, 2.24) is 0 Å². The Morgan fingerprint density at radius 2 is 1.71 bits per heavy atom. The lowest BCUT2D eigenvalue weighted by atomic mass is 10.1. The fourth-order valence-electron chi connectivity index (χ4n) is 1.48. The molecule has 6 nitrogen and oxygen atoms in total. The molecule has 0 fully saturated rings. The summed E-state index contributed by atoms with van der Waals surface area (Å²) in [7, 11) is 0. The van der Waals surface area contributed by atoms with Gasteiger partial charge in [-0.2, -0.15) is 0 Å². The number of nitrogens with one attached hydrogen (secondary N) is 1. The number of anilines is 1. The van der Waals surface area contributed by atoms with E-state index in [9.17, 15) is 9.59 Å². The van der Waals surface area contributed by atoms with Crippen LogP contribution < -0.4 is 5.73 Å². The lowest BCUT2D eigenvalue weighted by molar-refractivity contribution is -0.185. The van der Waals surface area contributed by atoms with Crippen LogP contribution in [-0.2, 0) is 19.1 Å². The average Bonchev–Trinajstić information content (AvgIpc) is 2.38. The summed E-state index contributed by atoms with van der Waals surface area (Å²) in [6, 6.07) is 6.63. The van der Waals surface area contributed by atoms with E-state index in [0.29, 0.717) is 11.3 Å². The monoisotopic (exact) mass is 292 g/mol. The molecule has 0 spiro atoms. The van der Waals surface area contributed by atoms with E-state index in [1.807, 2.05) is 0 Å². The van der Waals surface area contributed by atoms with Crippen LogP contribution in [-0.4, -0.2) is 23.9 Å². The van der Waals surface area contributed by atoms with Gasteiger partial charge in [0.05, 0.1) is 12.3 Å². The van der Waals surface area contributed by atoms with E-state index in [2.05, 4.69) is 0 Å². The van der Waals surface area contributed by atoms with Crippen LogP contribution in [0.5, 0.6) is 0 Å². The first-order valence-corrected chi connectivity index (χ1v) is 6.63. The molecule has 3 N–H and O–H groups in total. The van der Waals surface area contributed by atoms with Gasteiger partial charge in [0.25, 0.3) is 0 Å². The predicted octanol–water partition coefficient (Wildman–Crippen LogP) is 2.12. The van der Waals surface area contributed by atoms with Gasteiger partial charge in [-0.05, 0) is 17.7 Å². The van der Waals surface area contributed by atoms with Gasteiger partial charge in [-0.15, -0.1) is 0 Å². The number of ether oxygens (including phenoxy) is 2. The highest BCUT2D eigenvalue weighted by molar-refractivity contribution is 6.07. The van der Waals surface area contributed by atoms with Crippen molar-refractivity contribution in [2.75, 3.05) is 5.73 Å². The fraction of sp³-hybridized carbons (Fsp3) is 0.400. The molecule has 0 aliphatic heterocycles. The number of benzene rings is 1. The van der Waals surface area contributed by atoms with E-state index in [-0.39, 0.29) is 18.1 Å². The first kappa shape index (κ1) is 16.7. The highest BCUT2D eigenvalue weighted by Gasteiger charge is 2.17. The molecule has 21 heavy (non-hydrogen) atoms. The maximum atomic E-state index is 11.7. The molecule has 0 aliphatic rings. The molecule has 1 unspecified atom stereocenters. The number of rotatable bonds is 6. The smallest absolute Gasteiger partial charge is 0.314 e. The second-order valence-corrected chi connectivity index (χ2v) is 4.93. The molecule has 0 saturated heterocycles. The molecule has 1 aromatic rings. The largest absolute Gasteiger partial charge is 0.425 e. The Hall–Kier alpha value is -2.37. The van der Waals surface area contributed by atoms with Crippen molar-refractivity contribution in [2.24, 2.45) is 5.92 Å². The van der Waals surface area contributed by atoms with E-state index in [4.69, 9.17) is 20.6 Å². The Balaban J connectivity index is 2.48. The van der Waals surface area contributed by atoms with Crippen LogP contribution in [0.2, 0.25) is 0 Å². The van der Waals surface area contributed by atoms with Gasteiger partial charge in [0.1, 0.15) is 0 Å². The van der Waals surface area contributed by atoms with Gasteiger partial charge in [0.15, 0.2) is 0 Å². The van der Waals surface area contributed by atoms with Crippen LogP contribution in [0, 0.1) is 11.3 Å². The van der Waals surface area contributed by atoms with Gasteiger partial charge in [-0.1, -0.05) is 26.0 Å². The lowest BCUT2D eigenvalue weighted by Gasteiger charge is -2.15. The minimum atomic E-state index is -0.966. The third-order valence-electron chi connectivity index (χ3n) is 2.63. The second-order valence-electron chi connectivity index (χ2n) is 4.93. The van der Waals surface area contributed by atoms with Crippen molar-refractivity contribution in [2.45, 2.75) is 33.5 Å². The van der Waals surface area contributed by atoms with Crippen LogP contribution in [0.15, 0.2) is 24.3 Å². The molecule has 114 valence electrons. The third kappa shape index (κ3) is 5.64. The number of hydrogen-bond donors (Lipinski definition) is 2. The molecule has 0 heterocycles. The van der Waals surface area contributed by atoms with E-state index in [1.54, 1.807) is 38.1 Å². The van der Waals surface area contributed by atoms with Crippen LogP contribution in [0.25, 0.3) is 0 Å². The number of nitrogen functional groups attached to an aromatic ring is 1. The van der Waals surface area contributed by atoms with Gasteiger partial charge in [0.2, 0.25) is 6.29 Å². The Bertz CT molecular complexity index is 523. The minimum absolute atomic E-state index is 0.113. The molecule has 1 rings (SSSR count). The summed E-state index contributed by atoms with van der Waals surface area (Å²) >= 11 is 0. The molecule has 1 aromatic carbocycles. The Morgan fingerprint density at radius 3 is 2.24 bits per heavy atom. The summed E-state index contributed by atoms with van der Waals surface area (Å²) in [5.41, 5.74) is 6.84. The highest BCUT2D eigenvalue weighted by Crippen LogP contribution is 2.09. The zero-order valence-corrected chi connectivity index (χ0v) is 12.4. The summed E-state index contributed by atoms with van der Waals surface area (Å²) in [5.74, 6) is -1.36. The fourth-order valence-corrected chi connectivity index (χ4v) is 1.48. The third-order valence-corrected chi connectivity index (χ3v) is 2.63. The average molecular weight is 292 g/mol. The Morgan fingerprint density at radius 1 is 1.14 bits per heavy atom. The van der Waals surface area contributed by atoms with Crippen molar-refractivity contribution < 1.29 is 19.1 Å². The zero-order chi connectivity index (χ0) is 16.0. The summed E-state index contributed by atoms with van der Waals surface area (Å²) in [4.78, 5) is 23.0. The van der Waals surface area contributed by atoms with E-state index < -0.39 is 18.2 Å². The van der Waals surface area contributed by atoms with E-state index >= 15 is 0 Å². The van der Waals surface area contributed by atoms with Gasteiger partial charge in [-0.3, -0.25) is 9.59 Å². The molecule has 6 heteroatoms. The van der Waals surface area contributed by atoms with Gasteiger partial charge in [-0.25, -0.2) is 0 Å². The number of nitrogens with two attached hydrogens (primary N) is 1. The molecule has 0 saturated carbocycles. The maximum Gasteiger partial charge on any atom is 0.314 e. The Labute approximate surface area is 123 Å². The van der Waals surface area contributed by atoms with Crippen molar-refractivity contribution in [3.8, 4) is 0 Å². The van der Waals surface area contributed by atoms with Gasteiger partial charge < -0.3 is 20.6 Å². The van der Waals surface area contributed by atoms with Crippen LogP contribution in [0.1, 0.15) is 32.8 Å². The summed E-state index contributed by atoms with van der Waals surface area (Å²) in [6.07, 6.45) is -1.17. The Kier molecular flexibility index (Phi) is 5.90. The zero-order valence-electron chi connectivity index (χ0n) is 12.4. The van der Waals surface area contributed by atoms with Gasteiger partial charge in [0, 0.05) is 18.3 Å². The normalized spacial score (nSPS) is 11.8. The molecular formula is C15H20N2O4. The molecule has 0 radical (unpaired) electrons. The van der Waals surface area contributed by atoms with Crippen molar-refractivity contribution in [3.05, 3.63) is 29.8 Å². The molecule has 0 bridgehead atoms. The maximum absolute atomic E-state index is 11.7. The van der Waals surface area contributed by atoms with Crippen molar-refractivity contribution in [3.63, 3.8) is 0 Å². The van der Waals surface area contributed by atoms with Crippen molar-refractivity contribution in [1.29, 1.82) is 5.41 Å². The topological polar surface area (TPSA) is 102 Å². The lowest BCUT2D eigenvalue weighted by Crippen LogP contribution is -2.25. The molecule has 0 aliphatic carbocycles. The SMILES string of the molecule is CC(OC(=O)CC(=N)c1ccc(N)cc1)OC(=O)C(C)C. The summed E-state index contributed by atoms with van der Waals surface area (Å²) in [5, 5.41) is 7.84. The number of carbonyl (C=O) groups excluding carboxylic acids is 2. The molecule has 0 amide bonds. The van der Waals surface area contributed by atoms with Gasteiger partial charge >= 0.3 is 11.9 Å². The second kappa shape index (κ2) is 7.42. The molecular weight excluding hydrogens is 272 g/mol.